The molecule has 0 bridgehead atoms. The molecular weight excluding hydrogens is 241 g/mol. The molecule has 0 aliphatic carbocycles. The number of nitrogens with one attached hydrogen (secondary N) is 1. The highest BCUT2D eigenvalue weighted by molar-refractivity contribution is 5.74. The van der Waals surface area contributed by atoms with Crippen molar-refractivity contribution in [2.45, 2.75) is 0 Å². The molecule has 2 heterocycles. The number of halogens is 1. The van der Waals surface area contributed by atoms with Crippen LogP contribution in [0.4, 0.5) is 10.2 Å². The summed E-state index contributed by atoms with van der Waals surface area (Å²) >= 11 is 0. The van der Waals surface area contributed by atoms with E-state index in [4.69, 9.17) is 19.9 Å². The molecule has 0 radical (unpaired) electrons. The minimum absolute atomic E-state index is 0.00994. The third kappa shape index (κ3) is 1.44. The average molecular weight is 251 g/mol. The number of methoxy groups -OCH3 is 1. The lowest BCUT2D eigenvalue weighted by Gasteiger charge is -2.09. The first-order chi connectivity index (χ1) is 8.70. The van der Waals surface area contributed by atoms with Crippen molar-refractivity contribution in [1.29, 1.82) is 0 Å². The molecule has 7 heteroatoms. The molecule has 1 aromatic carbocycles. The Labute approximate surface area is 101 Å². The van der Waals surface area contributed by atoms with Crippen LogP contribution in [-0.2, 0) is 0 Å². The Hall–Kier alpha value is -2.44. The van der Waals surface area contributed by atoms with Crippen LogP contribution in [0.15, 0.2) is 12.1 Å². The SMILES string of the molecule is COc1c(-c2cc(N)n[nH]2)cc2c(c1F)OCO2. The lowest BCUT2D eigenvalue weighted by atomic mass is 10.1. The number of ether oxygens (including phenoxy) is 3. The Kier molecular flexibility index (Phi) is 2.26. The summed E-state index contributed by atoms with van der Waals surface area (Å²) in [5.74, 6) is 0.156. The number of hydrogen-bond acceptors (Lipinski definition) is 5. The van der Waals surface area contributed by atoms with Gasteiger partial charge in [-0.15, -0.1) is 0 Å². The van der Waals surface area contributed by atoms with Crippen molar-refractivity contribution in [3.63, 3.8) is 0 Å². The summed E-state index contributed by atoms with van der Waals surface area (Å²) in [6.07, 6.45) is 0. The second-order valence-corrected chi connectivity index (χ2v) is 3.71. The van der Waals surface area contributed by atoms with E-state index >= 15 is 0 Å². The van der Waals surface area contributed by atoms with E-state index in [0.717, 1.165) is 0 Å². The van der Waals surface area contributed by atoms with Gasteiger partial charge < -0.3 is 19.9 Å². The zero-order valence-electron chi connectivity index (χ0n) is 9.49. The topological polar surface area (TPSA) is 82.4 Å². The van der Waals surface area contributed by atoms with E-state index in [2.05, 4.69) is 10.2 Å². The van der Waals surface area contributed by atoms with Gasteiger partial charge in [-0.3, -0.25) is 5.10 Å². The number of nitrogens with zero attached hydrogens (tertiary/aromatic N) is 1. The van der Waals surface area contributed by atoms with Crippen LogP contribution in [0.3, 0.4) is 0 Å². The van der Waals surface area contributed by atoms with E-state index in [1.54, 1.807) is 12.1 Å². The van der Waals surface area contributed by atoms with Crippen molar-refractivity contribution in [1.82, 2.24) is 10.2 Å². The second-order valence-electron chi connectivity index (χ2n) is 3.71. The van der Waals surface area contributed by atoms with E-state index in [0.29, 0.717) is 22.8 Å². The average Bonchev–Trinajstić information content (AvgIpc) is 2.97. The molecule has 0 spiro atoms. The smallest absolute Gasteiger partial charge is 0.231 e. The fourth-order valence-corrected chi connectivity index (χ4v) is 1.86. The molecule has 3 rings (SSSR count). The highest BCUT2D eigenvalue weighted by atomic mass is 19.1. The van der Waals surface area contributed by atoms with Gasteiger partial charge in [0.2, 0.25) is 18.4 Å². The fraction of sp³-hybridized carbons (Fsp3) is 0.182. The Balaban J connectivity index is 2.23. The van der Waals surface area contributed by atoms with Gasteiger partial charge in [0.1, 0.15) is 5.82 Å². The molecule has 18 heavy (non-hydrogen) atoms. The van der Waals surface area contributed by atoms with Crippen molar-refractivity contribution < 1.29 is 18.6 Å². The molecule has 1 aliphatic rings. The molecule has 0 amide bonds. The van der Waals surface area contributed by atoms with Crippen LogP contribution in [0.1, 0.15) is 0 Å². The molecular formula is C11H10FN3O3. The number of aromatic nitrogens is 2. The standard InChI is InChI=1S/C11H10FN3O3/c1-16-10-5(6-3-8(13)15-14-6)2-7-11(9(10)12)18-4-17-7/h2-3H,4H2,1H3,(H3,13,14,15). The molecule has 1 aromatic heterocycles. The summed E-state index contributed by atoms with van der Waals surface area (Å²) in [4.78, 5) is 0. The molecule has 94 valence electrons. The van der Waals surface area contributed by atoms with Crippen LogP contribution in [0.5, 0.6) is 17.2 Å². The third-order valence-electron chi connectivity index (χ3n) is 2.65. The van der Waals surface area contributed by atoms with E-state index in [1.165, 1.54) is 7.11 Å². The number of rotatable bonds is 2. The summed E-state index contributed by atoms with van der Waals surface area (Å²) < 4.78 is 29.4. The van der Waals surface area contributed by atoms with Crippen molar-refractivity contribution in [3.05, 3.63) is 17.9 Å². The third-order valence-corrected chi connectivity index (χ3v) is 2.65. The van der Waals surface area contributed by atoms with E-state index in [9.17, 15) is 4.39 Å². The molecule has 0 saturated carbocycles. The molecule has 1 aliphatic heterocycles. The maximum Gasteiger partial charge on any atom is 0.231 e. The molecule has 0 fully saturated rings. The second kappa shape index (κ2) is 3.80. The molecule has 0 saturated heterocycles. The van der Waals surface area contributed by atoms with Gasteiger partial charge in [0.05, 0.1) is 12.8 Å². The molecule has 0 atom stereocenters. The van der Waals surface area contributed by atoms with Gasteiger partial charge in [0.15, 0.2) is 11.5 Å². The molecule has 3 N–H and O–H groups in total. The van der Waals surface area contributed by atoms with Crippen LogP contribution >= 0.6 is 0 Å². The number of anilines is 1. The van der Waals surface area contributed by atoms with Gasteiger partial charge in [-0.2, -0.15) is 9.49 Å². The number of benzene rings is 1. The highest BCUT2D eigenvalue weighted by Gasteiger charge is 2.26. The maximum absolute atomic E-state index is 14.1. The van der Waals surface area contributed by atoms with Gasteiger partial charge in [-0.05, 0) is 6.07 Å². The molecule has 2 aromatic rings. The summed E-state index contributed by atoms with van der Waals surface area (Å²) in [5, 5.41) is 6.49. The van der Waals surface area contributed by atoms with E-state index in [-0.39, 0.29) is 18.3 Å². The van der Waals surface area contributed by atoms with Gasteiger partial charge in [-0.1, -0.05) is 0 Å². The van der Waals surface area contributed by atoms with Crippen molar-refractivity contribution in [2.24, 2.45) is 0 Å². The van der Waals surface area contributed by atoms with Crippen LogP contribution in [0, 0.1) is 5.82 Å². The predicted octanol–water partition coefficient (Wildman–Crippen LogP) is 1.54. The quantitative estimate of drug-likeness (QED) is 0.845. The normalized spacial score (nSPS) is 12.8. The van der Waals surface area contributed by atoms with Gasteiger partial charge >= 0.3 is 0 Å². The van der Waals surface area contributed by atoms with Crippen LogP contribution < -0.4 is 19.9 Å². The number of fused-ring (bicyclic) bond motifs is 1. The summed E-state index contributed by atoms with van der Waals surface area (Å²) in [7, 11) is 1.38. The number of nitrogens with two attached hydrogens (primary N) is 1. The van der Waals surface area contributed by atoms with Gasteiger partial charge in [0, 0.05) is 11.6 Å². The maximum atomic E-state index is 14.1. The van der Waals surface area contributed by atoms with E-state index < -0.39 is 5.82 Å². The highest BCUT2D eigenvalue weighted by Crippen LogP contribution is 2.45. The molecule has 6 nitrogen and oxygen atoms in total. The van der Waals surface area contributed by atoms with Crippen molar-refractivity contribution in [3.8, 4) is 28.5 Å². The van der Waals surface area contributed by atoms with Gasteiger partial charge in [-0.25, -0.2) is 0 Å². The lowest BCUT2D eigenvalue weighted by molar-refractivity contribution is 0.170. The lowest BCUT2D eigenvalue weighted by Crippen LogP contribution is -1.95. The summed E-state index contributed by atoms with van der Waals surface area (Å²) in [5.41, 5.74) is 6.54. The largest absolute Gasteiger partial charge is 0.493 e. The first-order valence-electron chi connectivity index (χ1n) is 5.18. The Morgan fingerprint density at radius 3 is 2.94 bits per heavy atom. The Morgan fingerprint density at radius 2 is 2.28 bits per heavy atom. The van der Waals surface area contributed by atoms with Crippen molar-refractivity contribution in [2.75, 3.05) is 19.6 Å². The zero-order chi connectivity index (χ0) is 12.7. The van der Waals surface area contributed by atoms with Crippen LogP contribution in [0.25, 0.3) is 11.3 Å². The monoisotopic (exact) mass is 251 g/mol. The molecule has 0 unspecified atom stereocenters. The van der Waals surface area contributed by atoms with E-state index in [1.807, 2.05) is 0 Å². The van der Waals surface area contributed by atoms with Gasteiger partial charge in [0.25, 0.3) is 0 Å². The number of hydrogen-bond donors (Lipinski definition) is 2. The minimum atomic E-state index is -0.601. The number of H-pyrrole nitrogens is 1. The summed E-state index contributed by atoms with van der Waals surface area (Å²) in [6, 6.07) is 3.21. The number of aromatic amines is 1. The Morgan fingerprint density at radius 1 is 1.44 bits per heavy atom. The zero-order valence-corrected chi connectivity index (χ0v) is 9.49. The van der Waals surface area contributed by atoms with Crippen molar-refractivity contribution >= 4 is 5.82 Å². The van der Waals surface area contributed by atoms with Crippen LogP contribution in [0.2, 0.25) is 0 Å². The Bertz CT molecular complexity index is 612. The first kappa shape index (κ1) is 10.7. The number of nitrogen functional groups attached to an aromatic ring is 1. The first-order valence-corrected chi connectivity index (χ1v) is 5.18. The predicted molar refractivity (Wildman–Crippen MR) is 61.1 cm³/mol. The minimum Gasteiger partial charge on any atom is -0.493 e. The van der Waals surface area contributed by atoms with Crippen LogP contribution in [-0.4, -0.2) is 24.1 Å². The fourth-order valence-electron chi connectivity index (χ4n) is 1.86. The summed E-state index contributed by atoms with van der Waals surface area (Å²) in [6.45, 7) is -0.00994.